The van der Waals surface area contributed by atoms with Crippen molar-refractivity contribution in [3.8, 4) is 11.5 Å². The molecule has 0 heterocycles. The lowest BCUT2D eigenvalue weighted by molar-refractivity contribution is -0.120. The van der Waals surface area contributed by atoms with Crippen LogP contribution in [-0.2, 0) is 4.79 Å². The van der Waals surface area contributed by atoms with E-state index in [1.165, 1.54) is 0 Å². The fourth-order valence-electron chi connectivity index (χ4n) is 1.58. The number of methoxy groups -OCH3 is 1. The van der Waals surface area contributed by atoms with Crippen LogP contribution in [0, 0.1) is 0 Å². The Balaban J connectivity index is 2.57. The zero-order valence-corrected chi connectivity index (χ0v) is 8.77. The Morgan fingerprint density at radius 3 is 2.69 bits per heavy atom. The molecular formula is C12H11NO3. The standard InChI is InChI=1S/C12H11NO3/c1-15-12-6-8-2-3-10(16-7-14)4-9(8)5-11(12)13/h2-7H,13H2,1H3. The van der Waals surface area contributed by atoms with Gasteiger partial charge in [-0.1, -0.05) is 6.07 Å². The molecule has 16 heavy (non-hydrogen) atoms. The molecule has 0 radical (unpaired) electrons. The first kappa shape index (κ1) is 10.3. The van der Waals surface area contributed by atoms with Crippen LogP contribution in [-0.4, -0.2) is 13.6 Å². The molecule has 0 saturated carbocycles. The molecule has 0 fully saturated rings. The van der Waals surface area contributed by atoms with E-state index in [1.54, 1.807) is 25.3 Å². The Bertz CT molecular complexity index is 537. The first-order valence-corrected chi connectivity index (χ1v) is 4.72. The van der Waals surface area contributed by atoms with Gasteiger partial charge < -0.3 is 15.2 Å². The number of hydrogen-bond donors (Lipinski definition) is 1. The van der Waals surface area contributed by atoms with Gasteiger partial charge in [-0.15, -0.1) is 0 Å². The largest absolute Gasteiger partial charge is 0.495 e. The van der Waals surface area contributed by atoms with Gasteiger partial charge in [-0.3, -0.25) is 4.79 Å². The van der Waals surface area contributed by atoms with Crippen LogP contribution in [0.5, 0.6) is 11.5 Å². The summed E-state index contributed by atoms with van der Waals surface area (Å²) in [6, 6.07) is 8.93. The van der Waals surface area contributed by atoms with Gasteiger partial charge in [0, 0.05) is 0 Å². The first-order chi connectivity index (χ1) is 7.74. The van der Waals surface area contributed by atoms with Gasteiger partial charge in [0.1, 0.15) is 11.5 Å². The summed E-state index contributed by atoms with van der Waals surface area (Å²) in [6.45, 7) is 0.397. The number of nitrogens with two attached hydrogens (primary N) is 1. The van der Waals surface area contributed by atoms with Gasteiger partial charge in [-0.25, -0.2) is 0 Å². The van der Waals surface area contributed by atoms with Crippen molar-refractivity contribution in [2.45, 2.75) is 0 Å². The fraction of sp³-hybridized carbons (Fsp3) is 0.0833. The minimum atomic E-state index is 0.397. The number of nitrogen functional groups attached to an aromatic ring is 1. The molecule has 0 aliphatic heterocycles. The minimum absolute atomic E-state index is 0.397. The third-order valence-electron chi connectivity index (χ3n) is 2.34. The predicted molar refractivity (Wildman–Crippen MR) is 61.6 cm³/mol. The highest BCUT2D eigenvalue weighted by Crippen LogP contribution is 2.29. The van der Waals surface area contributed by atoms with Crippen LogP contribution in [0.1, 0.15) is 0 Å². The van der Waals surface area contributed by atoms with Crippen LogP contribution < -0.4 is 15.2 Å². The molecule has 0 aliphatic carbocycles. The second kappa shape index (κ2) is 4.10. The van der Waals surface area contributed by atoms with Crippen molar-refractivity contribution >= 4 is 22.9 Å². The summed E-state index contributed by atoms with van der Waals surface area (Å²) < 4.78 is 9.88. The van der Waals surface area contributed by atoms with Crippen molar-refractivity contribution in [3.05, 3.63) is 30.3 Å². The third-order valence-corrected chi connectivity index (χ3v) is 2.34. The number of hydrogen-bond acceptors (Lipinski definition) is 4. The van der Waals surface area contributed by atoms with E-state index >= 15 is 0 Å². The molecule has 0 amide bonds. The molecule has 4 heteroatoms. The van der Waals surface area contributed by atoms with Gasteiger partial charge in [0.05, 0.1) is 12.8 Å². The average Bonchev–Trinajstić information content (AvgIpc) is 2.28. The number of benzene rings is 2. The van der Waals surface area contributed by atoms with Gasteiger partial charge in [-0.05, 0) is 35.0 Å². The number of rotatable bonds is 3. The lowest BCUT2D eigenvalue weighted by Crippen LogP contribution is -1.93. The second-order valence-electron chi connectivity index (χ2n) is 3.32. The number of carbonyl (C=O) groups is 1. The number of anilines is 1. The van der Waals surface area contributed by atoms with E-state index in [0.29, 0.717) is 23.7 Å². The smallest absolute Gasteiger partial charge is 0.298 e. The summed E-state index contributed by atoms with van der Waals surface area (Å²) in [5, 5.41) is 1.88. The summed E-state index contributed by atoms with van der Waals surface area (Å²) in [5.41, 5.74) is 6.34. The normalized spacial score (nSPS) is 10.1. The van der Waals surface area contributed by atoms with Crippen molar-refractivity contribution in [1.82, 2.24) is 0 Å². The van der Waals surface area contributed by atoms with E-state index < -0.39 is 0 Å². The number of fused-ring (bicyclic) bond motifs is 1. The Morgan fingerprint density at radius 1 is 1.19 bits per heavy atom. The topological polar surface area (TPSA) is 61.5 Å². The van der Waals surface area contributed by atoms with E-state index in [0.717, 1.165) is 10.8 Å². The van der Waals surface area contributed by atoms with E-state index in [-0.39, 0.29) is 0 Å². The lowest BCUT2D eigenvalue weighted by atomic mass is 10.1. The molecule has 0 spiro atoms. The van der Waals surface area contributed by atoms with Gasteiger partial charge >= 0.3 is 0 Å². The summed E-state index contributed by atoms with van der Waals surface area (Å²) >= 11 is 0. The number of ether oxygens (including phenoxy) is 2. The molecule has 2 N–H and O–H groups in total. The van der Waals surface area contributed by atoms with Gasteiger partial charge in [0.2, 0.25) is 0 Å². The Hall–Kier alpha value is -2.23. The minimum Gasteiger partial charge on any atom is -0.495 e. The van der Waals surface area contributed by atoms with E-state index in [9.17, 15) is 4.79 Å². The molecular weight excluding hydrogens is 206 g/mol. The molecule has 0 aliphatic rings. The summed E-state index contributed by atoms with van der Waals surface area (Å²) in [6.07, 6.45) is 0. The van der Waals surface area contributed by atoms with Crippen LogP contribution in [0.4, 0.5) is 5.69 Å². The van der Waals surface area contributed by atoms with Crippen molar-refractivity contribution < 1.29 is 14.3 Å². The highest BCUT2D eigenvalue weighted by molar-refractivity contribution is 5.89. The quantitative estimate of drug-likeness (QED) is 0.630. The van der Waals surface area contributed by atoms with Crippen molar-refractivity contribution in [2.24, 2.45) is 0 Å². The van der Waals surface area contributed by atoms with Gasteiger partial charge in [-0.2, -0.15) is 0 Å². The first-order valence-electron chi connectivity index (χ1n) is 4.72. The second-order valence-corrected chi connectivity index (χ2v) is 3.32. The molecule has 0 atom stereocenters. The van der Waals surface area contributed by atoms with Gasteiger partial charge in [0.25, 0.3) is 6.47 Å². The SMILES string of the molecule is COc1cc2ccc(OC=O)cc2cc1N. The zero-order chi connectivity index (χ0) is 11.5. The number of carbonyl (C=O) groups excluding carboxylic acids is 1. The van der Waals surface area contributed by atoms with E-state index in [4.69, 9.17) is 15.2 Å². The maximum absolute atomic E-state index is 10.2. The lowest BCUT2D eigenvalue weighted by Gasteiger charge is -2.07. The molecule has 0 bridgehead atoms. The molecule has 2 aromatic carbocycles. The zero-order valence-electron chi connectivity index (χ0n) is 8.77. The Labute approximate surface area is 92.6 Å². The van der Waals surface area contributed by atoms with E-state index in [1.807, 2.05) is 12.1 Å². The molecule has 0 saturated heterocycles. The monoisotopic (exact) mass is 217 g/mol. The summed E-state index contributed by atoms with van der Waals surface area (Å²) in [7, 11) is 1.57. The molecule has 0 unspecified atom stereocenters. The maximum Gasteiger partial charge on any atom is 0.298 e. The van der Waals surface area contributed by atoms with Crippen LogP contribution >= 0.6 is 0 Å². The van der Waals surface area contributed by atoms with E-state index in [2.05, 4.69) is 0 Å². The van der Waals surface area contributed by atoms with Crippen molar-refractivity contribution in [3.63, 3.8) is 0 Å². The molecule has 2 rings (SSSR count). The Kier molecular flexibility index (Phi) is 2.64. The Morgan fingerprint density at radius 2 is 2.00 bits per heavy atom. The van der Waals surface area contributed by atoms with Crippen LogP contribution in [0.25, 0.3) is 10.8 Å². The van der Waals surface area contributed by atoms with Gasteiger partial charge in [0.15, 0.2) is 0 Å². The highest BCUT2D eigenvalue weighted by Gasteiger charge is 2.03. The van der Waals surface area contributed by atoms with Crippen molar-refractivity contribution in [1.29, 1.82) is 0 Å². The average molecular weight is 217 g/mol. The van der Waals surface area contributed by atoms with Crippen molar-refractivity contribution in [2.75, 3.05) is 12.8 Å². The molecule has 2 aromatic rings. The van der Waals surface area contributed by atoms with Crippen LogP contribution in [0.2, 0.25) is 0 Å². The predicted octanol–water partition coefficient (Wildman–Crippen LogP) is 1.97. The van der Waals surface area contributed by atoms with Crippen LogP contribution in [0.15, 0.2) is 30.3 Å². The maximum atomic E-state index is 10.2. The summed E-state index contributed by atoms with van der Waals surface area (Å²) in [5.74, 6) is 1.13. The molecule has 4 nitrogen and oxygen atoms in total. The fourth-order valence-corrected chi connectivity index (χ4v) is 1.58. The highest BCUT2D eigenvalue weighted by atomic mass is 16.5. The molecule has 0 aromatic heterocycles. The third kappa shape index (κ3) is 1.77. The molecule has 82 valence electrons. The summed E-state index contributed by atoms with van der Waals surface area (Å²) in [4.78, 5) is 10.2. The van der Waals surface area contributed by atoms with Crippen LogP contribution in [0.3, 0.4) is 0 Å².